The van der Waals surface area contributed by atoms with Crippen LogP contribution < -0.4 is 5.32 Å². The summed E-state index contributed by atoms with van der Waals surface area (Å²) in [4.78, 5) is 45.8. The number of hydrogen-bond donors (Lipinski definition) is 1. The van der Waals surface area contributed by atoms with Crippen LogP contribution in [-0.2, 0) is 19.6 Å². The van der Waals surface area contributed by atoms with Gasteiger partial charge in [0.15, 0.2) is 0 Å². The SMILES string of the molecule is O=C(NCC(=O)N1CCN(S(=O)(=O)c2cccnc2)CC1)C1c2ccccc2C(=O)N1C1CC1. The molecule has 34 heavy (non-hydrogen) atoms. The van der Waals surface area contributed by atoms with Gasteiger partial charge >= 0.3 is 0 Å². The molecule has 1 atom stereocenters. The minimum Gasteiger partial charge on any atom is -0.345 e. The zero-order chi connectivity index (χ0) is 23.9. The van der Waals surface area contributed by atoms with Crippen LogP contribution in [0.3, 0.4) is 0 Å². The highest BCUT2D eigenvalue weighted by Gasteiger charge is 2.47. The zero-order valence-corrected chi connectivity index (χ0v) is 19.3. The molecule has 3 heterocycles. The molecule has 1 aliphatic carbocycles. The number of fused-ring (bicyclic) bond motifs is 1. The molecule has 3 amide bonds. The number of carbonyl (C=O) groups is 3. The monoisotopic (exact) mass is 483 g/mol. The normalized spacial score (nSPS) is 20.8. The lowest BCUT2D eigenvalue weighted by Crippen LogP contribution is -2.53. The molecule has 0 spiro atoms. The molecule has 2 fully saturated rings. The Balaban J connectivity index is 1.19. The number of sulfonamides is 1. The summed E-state index contributed by atoms with van der Waals surface area (Å²) in [5.74, 6) is -0.811. The molecule has 1 aromatic carbocycles. The molecular formula is C23H25N5O5S. The Hall–Kier alpha value is -3.31. The highest BCUT2D eigenvalue weighted by atomic mass is 32.2. The van der Waals surface area contributed by atoms with Gasteiger partial charge in [-0.1, -0.05) is 18.2 Å². The molecule has 10 nitrogen and oxygen atoms in total. The molecule has 1 N–H and O–H groups in total. The van der Waals surface area contributed by atoms with Crippen molar-refractivity contribution in [2.24, 2.45) is 0 Å². The smallest absolute Gasteiger partial charge is 0.255 e. The van der Waals surface area contributed by atoms with Crippen LogP contribution in [0.1, 0.15) is 34.8 Å². The summed E-state index contributed by atoms with van der Waals surface area (Å²) in [7, 11) is -3.66. The highest BCUT2D eigenvalue weighted by Crippen LogP contribution is 2.41. The Morgan fingerprint density at radius 3 is 2.44 bits per heavy atom. The number of hydrogen-bond acceptors (Lipinski definition) is 6. The Morgan fingerprint density at radius 2 is 1.76 bits per heavy atom. The number of nitrogens with zero attached hydrogens (tertiary/aromatic N) is 4. The van der Waals surface area contributed by atoms with E-state index in [9.17, 15) is 22.8 Å². The van der Waals surface area contributed by atoms with E-state index in [0.29, 0.717) is 11.1 Å². The molecule has 1 aromatic heterocycles. The van der Waals surface area contributed by atoms with Gasteiger partial charge < -0.3 is 15.1 Å². The maximum atomic E-state index is 13.1. The molecule has 2 aromatic rings. The van der Waals surface area contributed by atoms with Crippen molar-refractivity contribution >= 4 is 27.7 Å². The molecule has 1 saturated heterocycles. The van der Waals surface area contributed by atoms with E-state index in [2.05, 4.69) is 10.3 Å². The van der Waals surface area contributed by atoms with Crippen LogP contribution in [0.25, 0.3) is 0 Å². The van der Waals surface area contributed by atoms with Gasteiger partial charge in [-0.2, -0.15) is 4.31 Å². The van der Waals surface area contributed by atoms with Gasteiger partial charge in [-0.25, -0.2) is 8.42 Å². The largest absolute Gasteiger partial charge is 0.345 e. The number of rotatable bonds is 6. The quantitative estimate of drug-likeness (QED) is 0.635. The van der Waals surface area contributed by atoms with Crippen molar-refractivity contribution in [3.8, 4) is 0 Å². The minimum absolute atomic E-state index is 0.0567. The first kappa shape index (κ1) is 22.5. The van der Waals surface area contributed by atoms with Crippen LogP contribution in [0, 0.1) is 0 Å². The van der Waals surface area contributed by atoms with E-state index >= 15 is 0 Å². The molecule has 1 unspecified atom stereocenters. The van der Waals surface area contributed by atoms with Crippen molar-refractivity contribution < 1.29 is 22.8 Å². The number of aromatic nitrogens is 1. The summed E-state index contributed by atoms with van der Waals surface area (Å²) >= 11 is 0. The van der Waals surface area contributed by atoms with Crippen molar-refractivity contribution in [3.05, 3.63) is 59.9 Å². The molecule has 11 heteroatoms. The highest BCUT2D eigenvalue weighted by molar-refractivity contribution is 7.89. The Kier molecular flexibility index (Phi) is 5.82. The van der Waals surface area contributed by atoms with Crippen LogP contribution >= 0.6 is 0 Å². The first-order chi connectivity index (χ1) is 16.4. The summed E-state index contributed by atoms with van der Waals surface area (Å²) in [5, 5.41) is 2.70. The lowest BCUT2D eigenvalue weighted by atomic mass is 10.0. The van der Waals surface area contributed by atoms with E-state index in [-0.39, 0.29) is 61.4 Å². The third-order valence-electron chi connectivity index (χ3n) is 6.46. The second-order valence-corrected chi connectivity index (χ2v) is 10.6. The van der Waals surface area contributed by atoms with E-state index in [1.807, 2.05) is 0 Å². The Bertz CT molecular complexity index is 1220. The lowest BCUT2D eigenvalue weighted by molar-refractivity contribution is -0.135. The molecule has 0 bridgehead atoms. The van der Waals surface area contributed by atoms with E-state index in [1.165, 1.54) is 22.8 Å². The van der Waals surface area contributed by atoms with Crippen molar-refractivity contribution in [2.45, 2.75) is 29.8 Å². The van der Waals surface area contributed by atoms with Crippen LogP contribution in [0.15, 0.2) is 53.7 Å². The first-order valence-corrected chi connectivity index (χ1v) is 12.7. The molecule has 178 valence electrons. The fraction of sp³-hybridized carbons (Fsp3) is 0.391. The molecule has 1 saturated carbocycles. The van der Waals surface area contributed by atoms with Crippen LogP contribution in [0.4, 0.5) is 0 Å². The number of amides is 3. The minimum atomic E-state index is -3.66. The average Bonchev–Trinajstić information content (AvgIpc) is 3.66. The number of nitrogens with one attached hydrogen (secondary N) is 1. The van der Waals surface area contributed by atoms with Gasteiger partial charge in [-0.3, -0.25) is 19.4 Å². The predicted molar refractivity (Wildman–Crippen MR) is 121 cm³/mol. The third kappa shape index (κ3) is 4.05. The maximum absolute atomic E-state index is 13.1. The summed E-state index contributed by atoms with van der Waals surface area (Å²) < 4.78 is 26.8. The van der Waals surface area contributed by atoms with Gasteiger partial charge in [0.1, 0.15) is 10.9 Å². The van der Waals surface area contributed by atoms with Crippen LogP contribution in [-0.4, -0.2) is 84.0 Å². The molecule has 2 aliphatic heterocycles. The van der Waals surface area contributed by atoms with Gasteiger partial charge in [0.2, 0.25) is 21.8 Å². The first-order valence-electron chi connectivity index (χ1n) is 11.2. The van der Waals surface area contributed by atoms with Gasteiger partial charge in [0.25, 0.3) is 5.91 Å². The molecular weight excluding hydrogens is 458 g/mol. The van der Waals surface area contributed by atoms with Crippen molar-refractivity contribution in [2.75, 3.05) is 32.7 Å². The van der Waals surface area contributed by atoms with Gasteiger partial charge in [-0.15, -0.1) is 0 Å². The van der Waals surface area contributed by atoms with Gasteiger partial charge in [0.05, 0.1) is 6.54 Å². The third-order valence-corrected chi connectivity index (χ3v) is 8.35. The van der Waals surface area contributed by atoms with Crippen molar-refractivity contribution in [1.82, 2.24) is 24.4 Å². The van der Waals surface area contributed by atoms with Crippen LogP contribution in [0.2, 0.25) is 0 Å². The molecule has 5 rings (SSSR count). The summed E-state index contributed by atoms with van der Waals surface area (Å²) in [6.45, 7) is 0.577. The summed E-state index contributed by atoms with van der Waals surface area (Å²) in [5.41, 5.74) is 1.20. The summed E-state index contributed by atoms with van der Waals surface area (Å²) in [6, 6.07) is 9.47. The van der Waals surface area contributed by atoms with E-state index in [0.717, 1.165) is 12.8 Å². The predicted octanol–water partition coefficient (Wildman–Crippen LogP) is 0.390. The standard InChI is InChI=1S/C23H25N5O5S/c29-20(26-10-12-27(13-11-26)34(32,33)17-4-3-9-24-14-17)15-25-22(30)21-18-5-1-2-6-19(18)23(31)28(21)16-7-8-16/h1-6,9,14,16,21H,7-8,10-13,15H2,(H,25,30). The lowest BCUT2D eigenvalue weighted by Gasteiger charge is -2.34. The molecule has 0 radical (unpaired) electrons. The fourth-order valence-corrected chi connectivity index (χ4v) is 5.92. The zero-order valence-electron chi connectivity index (χ0n) is 18.5. The van der Waals surface area contributed by atoms with Crippen molar-refractivity contribution in [3.63, 3.8) is 0 Å². The van der Waals surface area contributed by atoms with E-state index in [1.54, 1.807) is 40.1 Å². The average molecular weight is 484 g/mol. The van der Waals surface area contributed by atoms with Crippen LogP contribution in [0.5, 0.6) is 0 Å². The number of benzene rings is 1. The fourth-order valence-electron chi connectivity index (χ4n) is 4.53. The Labute approximate surface area is 197 Å². The number of pyridine rings is 1. The second kappa shape index (κ2) is 8.80. The maximum Gasteiger partial charge on any atom is 0.255 e. The molecule has 3 aliphatic rings. The van der Waals surface area contributed by atoms with Crippen molar-refractivity contribution in [1.29, 1.82) is 0 Å². The Morgan fingerprint density at radius 1 is 1.03 bits per heavy atom. The van der Waals surface area contributed by atoms with E-state index in [4.69, 9.17) is 0 Å². The summed E-state index contributed by atoms with van der Waals surface area (Å²) in [6.07, 6.45) is 4.55. The second-order valence-electron chi connectivity index (χ2n) is 8.62. The van der Waals surface area contributed by atoms with E-state index < -0.39 is 16.1 Å². The van der Waals surface area contributed by atoms with Gasteiger partial charge in [0, 0.05) is 50.2 Å². The van der Waals surface area contributed by atoms with Gasteiger partial charge in [-0.05, 0) is 36.6 Å². The number of carbonyl (C=O) groups excluding carboxylic acids is 3. The number of piperazine rings is 1. The topological polar surface area (TPSA) is 120 Å².